The molecule has 0 saturated carbocycles. The van der Waals surface area contributed by atoms with Crippen LogP contribution in [0.25, 0.3) is 16.8 Å². The number of aromatic nitrogens is 1. The Morgan fingerprint density at radius 2 is 1.90 bits per heavy atom. The summed E-state index contributed by atoms with van der Waals surface area (Å²) in [4.78, 5) is 37.4. The molecule has 0 bridgehead atoms. The van der Waals surface area contributed by atoms with Crippen LogP contribution in [0.2, 0.25) is 0 Å². The van der Waals surface area contributed by atoms with Gasteiger partial charge >= 0.3 is 0 Å². The second kappa shape index (κ2) is 7.33. The monoisotopic (exact) mass is 437 g/mol. The summed E-state index contributed by atoms with van der Waals surface area (Å²) in [5.74, 6) is 5.62. The predicted octanol–water partition coefficient (Wildman–Crippen LogP) is 1.30. The molecule has 0 saturated heterocycles. The highest BCUT2D eigenvalue weighted by atomic mass is 35.5. The largest absolute Gasteiger partial charge is 0.501 e. The fraction of sp³-hybridized carbons (Fsp3) is 0.261. The van der Waals surface area contributed by atoms with Crippen molar-refractivity contribution in [1.82, 2.24) is 4.57 Å². The van der Waals surface area contributed by atoms with Crippen molar-refractivity contribution in [3.63, 3.8) is 0 Å². The maximum Gasteiger partial charge on any atom is 0.231 e. The van der Waals surface area contributed by atoms with Crippen LogP contribution < -0.4 is 20.0 Å². The van der Waals surface area contributed by atoms with Crippen molar-refractivity contribution in [1.29, 1.82) is 0 Å². The topological polar surface area (TPSA) is 83.8 Å². The third-order valence-electron chi connectivity index (χ3n) is 5.73. The van der Waals surface area contributed by atoms with E-state index in [0.29, 0.717) is 68.6 Å². The van der Waals surface area contributed by atoms with Crippen LogP contribution in [-0.2, 0) is 20.9 Å². The van der Waals surface area contributed by atoms with Gasteiger partial charge in [-0.3, -0.25) is 4.79 Å². The van der Waals surface area contributed by atoms with E-state index in [1.165, 1.54) is 7.11 Å². The lowest BCUT2D eigenvalue weighted by atomic mass is 9.93. The molecule has 0 amide bonds. The number of carbonyl (C=O) groups is 1. The van der Waals surface area contributed by atoms with Gasteiger partial charge in [0.25, 0.3) is 0 Å². The molecule has 5 rings (SSSR count). The quantitative estimate of drug-likeness (QED) is 0.572. The standard InChI is InChI=1S/C23H16ClNO6/c1-29-12-5-15-17(10-27)25(4-2-3-24)23-14-8-20-19(30-11-31-20)7-13(14)16(9-26)22(23)21(15)18(28)6-12/h5,7-8H,2-4,6,11H2,1H3. The fourth-order valence-electron chi connectivity index (χ4n) is 4.44. The summed E-state index contributed by atoms with van der Waals surface area (Å²) in [6.45, 7) is 0.478. The lowest BCUT2D eigenvalue weighted by Crippen LogP contribution is -2.32. The molecule has 1 aromatic carbocycles. The molecular formula is C23H16ClNO6. The summed E-state index contributed by atoms with van der Waals surface area (Å²) < 4.78 is 18.0. The molecule has 0 aromatic heterocycles. The fourth-order valence-corrected chi connectivity index (χ4v) is 4.56. The predicted molar refractivity (Wildman–Crippen MR) is 111 cm³/mol. The zero-order valence-corrected chi connectivity index (χ0v) is 17.3. The van der Waals surface area contributed by atoms with E-state index in [9.17, 15) is 14.4 Å². The third kappa shape index (κ3) is 2.72. The van der Waals surface area contributed by atoms with Gasteiger partial charge in [0.15, 0.2) is 23.2 Å². The Hall–Kier alpha value is -3.50. The number of hydrogen-bond acceptors (Lipinski definition) is 6. The van der Waals surface area contributed by atoms with Gasteiger partial charge < -0.3 is 18.8 Å². The minimum atomic E-state index is -0.243. The van der Waals surface area contributed by atoms with E-state index in [0.717, 1.165) is 0 Å². The van der Waals surface area contributed by atoms with Crippen LogP contribution >= 0.6 is 11.6 Å². The van der Waals surface area contributed by atoms with Gasteiger partial charge in [0.1, 0.15) is 17.0 Å². The smallest absolute Gasteiger partial charge is 0.231 e. The summed E-state index contributed by atoms with van der Waals surface area (Å²) in [5.41, 5.74) is 0.685. The number of ether oxygens (including phenoxy) is 3. The molecule has 0 radical (unpaired) electrons. The normalized spacial score (nSPS) is 14.4. The number of rotatable bonds is 4. The maximum atomic E-state index is 13.1. The Morgan fingerprint density at radius 3 is 2.55 bits per heavy atom. The molecule has 0 N–H and O–H groups in total. The molecule has 0 spiro atoms. The van der Waals surface area contributed by atoms with Crippen LogP contribution in [0, 0.1) is 10.6 Å². The van der Waals surface area contributed by atoms with E-state index >= 15 is 0 Å². The van der Waals surface area contributed by atoms with E-state index < -0.39 is 0 Å². The Bertz CT molecular complexity index is 1540. The first-order chi connectivity index (χ1) is 15.1. The maximum absolute atomic E-state index is 13.1. The number of nitrogens with zero attached hydrogens (tertiary/aromatic N) is 1. The van der Waals surface area contributed by atoms with Crippen molar-refractivity contribution in [2.45, 2.75) is 19.4 Å². The molecule has 0 atom stereocenters. The van der Waals surface area contributed by atoms with Crippen molar-refractivity contribution >= 4 is 46.1 Å². The van der Waals surface area contributed by atoms with Gasteiger partial charge in [0.2, 0.25) is 6.79 Å². The van der Waals surface area contributed by atoms with E-state index in [4.69, 9.17) is 25.8 Å². The zero-order chi connectivity index (χ0) is 21.7. The van der Waals surface area contributed by atoms with Gasteiger partial charge in [0.05, 0.1) is 24.1 Å². The molecule has 1 aromatic rings. The van der Waals surface area contributed by atoms with Crippen LogP contribution in [0.1, 0.15) is 28.8 Å². The van der Waals surface area contributed by atoms with Gasteiger partial charge in [-0.1, -0.05) is 0 Å². The van der Waals surface area contributed by atoms with Gasteiger partial charge in [-0.05, 0) is 24.6 Å². The number of halogens is 1. The number of alkyl halides is 1. The number of Topliss-reactive ketones (excluding diaryl/α,β-unsaturated/α-hetero) is 1. The molecule has 2 heterocycles. The van der Waals surface area contributed by atoms with Gasteiger partial charge in [-0.2, -0.15) is 0 Å². The van der Waals surface area contributed by atoms with Crippen molar-refractivity contribution in [2.24, 2.45) is 0 Å². The Morgan fingerprint density at radius 1 is 1.16 bits per heavy atom. The van der Waals surface area contributed by atoms with Gasteiger partial charge in [0, 0.05) is 39.5 Å². The summed E-state index contributed by atoms with van der Waals surface area (Å²) >= 11 is 5.94. The lowest BCUT2D eigenvalue weighted by Gasteiger charge is -2.18. The van der Waals surface area contributed by atoms with Gasteiger partial charge in [-0.15, -0.1) is 11.6 Å². The third-order valence-corrected chi connectivity index (χ3v) is 6.00. The number of allylic oxidation sites excluding steroid dienone is 1. The average molecular weight is 438 g/mol. The molecule has 8 heteroatoms. The Kier molecular flexibility index (Phi) is 4.60. The van der Waals surface area contributed by atoms with Crippen LogP contribution in [0.15, 0.2) is 17.9 Å². The highest BCUT2D eigenvalue weighted by molar-refractivity contribution is 6.17. The summed E-state index contributed by atoms with van der Waals surface area (Å²) in [6.07, 6.45) is 2.26. The summed E-state index contributed by atoms with van der Waals surface area (Å²) in [5, 5.41) is 2.73. The van der Waals surface area contributed by atoms with E-state index in [1.807, 2.05) is 11.9 Å². The van der Waals surface area contributed by atoms with Crippen LogP contribution in [-0.4, -0.2) is 42.0 Å². The number of benzene rings is 1. The van der Waals surface area contributed by atoms with Crippen molar-refractivity contribution in [2.75, 3.05) is 19.8 Å². The van der Waals surface area contributed by atoms with Crippen LogP contribution in [0.3, 0.4) is 0 Å². The van der Waals surface area contributed by atoms with Crippen molar-refractivity contribution in [3.8, 4) is 11.5 Å². The van der Waals surface area contributed by atoms with Crippen molar-refractivity contribution < 1.29 is 28.6 Å². The SMILES string of the molecule is COC1=Cc2c(c3c(=C=O)c4cc5c(cc4c=3n(CCCCl)c2=C=O)OCO5)C(=O)C1. The molecule has 2 aliphatic carbocycles. The van der Waals surface area contributed by atoms with Crippen LogP contribution in [0.5, 0.6) is 11.5 Å². The molecule has 156 valence electrons. The zero-order valence-electron chi connectivity index (χ0n) is 16.5. The van der Waals surface area contributed by atoms with Crippen LogP contribution in [0.4, 0.5) is 0 Å². The molecule has 7 nitrogen and oxygen atoms in total. The number of carbonyl (C=O) groups excluding carboxylic acids is 3. The Balaban J connectivity index is 2.11. The molecule has 0 unspecified atom stereocenters. The Labute approximate surface area is 180 Å². The van der Waals surface area contributed by atoms with E-state index in [1.54, 1.807) is 22.8 Å². The number of methoxy groups -OCH3 is 1. The lowest BCUT2D eigenvalue weighted by molar-refractivity contribution is 0.0969. The minimum absolute atomic E-state index is 0.0329. The molecule has 4 aliphatic rings. The molecule has 0 fully saturated rings. The first kappa shape index (κ1) is 19.5. The first-order valence-electron chi connectivity index (χ1n) is 9.68. The van der Waals surface area contributed by atoms with Gasteiger partial charge in [-0.25, -0.2) is 9.59 Å². The molecule has 2 aliphatic heterocycles. The summed E-state index contributed by atoms with van der Waals surface area (Å²) in [6, 6.07) is 3.48. The second-order valence-corrected chi connectivity index (χ2v) is 7.68. The van der Waals surface area contributed by atoms with E-state index in [2.05, 4.69) is 0 Å². The molecular weight excluding hydrogens is 422 g/mol. The van der Waals surface area contributed by atoms with E-state index in [-0.39, 0.29) is 29.6 Å². The average Bonchev–Trinajstić information content (AvgIpc) is 3.36. The summed E-state index contributed by atoms with van der Waals surface area (Å²) in [7, 11) is 1.47. The highest BCUT2D eigenvalue weighted by Gasteiger charge is 2.27. The first-order valence-corrected chi connectivity index (χ1v) is 10.2. The highest BCUT2D eigenvalue weighted by Crippen LogP contribution is 2.36. The van der Waals surface area contributed by atoms with Crippen molar-refractivity contribution in [3.05, 3.63) is 50.2 Å². The minimum Gasteiger partial charge on any atom is -0.501 e. The number of hydrogen-bond donors (Lipinski definition) is 0. The number of ketones is 1. The molecule has 31 heavy (non-hydrogen) atoms. The second-order valence-electron chi connectivity index (χ2n) is 7.30. The number of fused-ring (bicyclic) bond motifs is 5.